The van der Waals surface area contributed by atoms with Crippen molar-refractivity contribution in [1.82, 2.24) is 4.90 Å². The molecule has 2 fully saturated rings. The molecule has 4 rings (SSSR count). The predicted molar refractivity (Wildman–Crippen MR) is 96.1 cm³/mol. The van der Waals surface area contributed by atoms with Crippen molar-refractivity contribution >= 4 is 16.7 Å². The van der Waals surface area contributed by atoms with E-state index in [0.29, 0.717) is 5.92 Å². The second-order valence-electron chi connectivity index (χ2n) is 7.53. The Morgan fingerprint density at radius 1 is 1.21 bits per heavy atom. The monoisotopic (exact) mass is 323 g/mol. The highest BCUT2D eigenvalue weighted by atomic mass is 16.4. The molecule has 1 aliphatic carbocycles. The van der Waals surface area contributed by atoms with Crippen molar-refractivity contribution in [2.24, 2.45) is 11.3 Å². The second kappa shape index (κ2) is 6.21. The average Bonchev–Trinajstić information content (AvgIpc) is 3.13. The van der Waals surface area contributed by atoms with Crippen LogP contribution in [0.4, 0.5) is 0 Å². The van der Waals surface area contributed by atoms with Crippen LogP contribution in [-0.4, -0.2) is 35.6 Å². The molecule has 2 atom stereocenters. The molecule has 0 bridgehead atoms. The number of aryl methyl sites for hydroxylation is 1. The van der Waals surface area contributed by atoms with E-state index in [4.69, 9.17) is 0 Å². The van der Waals surface area contributed by atoms with Gasteiger partial charge in [-0.05, 0) is 54.5 Å². The van der Waals surface area contributed by atoms with Gasteiger partial charge in [-0.2, -0.15) is 0 Å². The first kappa shape index (κ1) is 15.6. The summed E-state index contributed by atoms with van der Waals surface area (Å²) in [7, 11) is 0. The van der Waals surface area contributed by atoms with Gasteiger partial charge in [0.1, 0.15) is 0 Å². The number of benzene rings is 2. The number of hydrogen-bond donors (Lipinski definition) is 1. The van der Waals surface area contributed by atoms with Crippen molar-refractivity contribution in [3.05, 3.63) is 48.0 Å². The number of carboxylic acids is 1. The minimum Gasteiger partial charge on any atom is -0.481 e. The fourth-order valence-electron chi connectivity index (χ4n) is 4.92. The fraction of sp³-hybridized carbons (Fsp3) is 0.476. The van der Waals surface area contributed by atoms with Gasteiger partial charge in [0.25, 0.3) is 0 Å². The average molecular weight is 323 g/mol. The summed E-state index contributed by atoms with van der Waals surface area (Å²) < 4.78 is 0. The number of aliphatic carboxylic acids is 1. The molecule has 3 nitrogen and oxygen atoms in total. The molecule has 0 unspecified atom stereocenters. The molecule has 1 saturated carbocycles. The number of likely N-dealkylation sites (tertiary alicyclic amines) is 1. The van der Waals surface area contributed by atoms with Crippen LogP contribution >= 0.6 is 0 Å². The topological polar surface area (TPSA) is 40.5 Å². The number of rotatable bonds is 5. The second-order valence-corrected chi connectivity index (χ2v) is 7.53. The quantitative estimate of drug-likeness (QED) is 0.905. The third kappa shape index (κ3) is 2.61. The van der Waals surface area contributed by atoms with Gasteiger partial charge in [-0.15, -0.1) is 0 Å². The van der Waals surface area contributed by atoms with E-state index in [1.54, 1.807) is 0 Å². The van der Waals surface area contributed by atoms with Crippen LogP contribution < -0.4 is 0 Å². The maximum Gasteiger partial charge on any atom is 0.311 e. The molecular weight excluding hydrogens is 298 g/mol. The van der Waals surface area contributed by atoms with E-state index >= 15 is 0 Å². The van der Waals surface area contributed by atoms with Crippen molar-refractivity contribution in [3.63, 3.8) is 0 Å². The zero-order valence-corrected chi connectivity index (χ0v) is 14.1. The largest absolute Gasteiger partial charge is 0.481 e. The first-order valence-corrected chi connectivity index (χ1v) is 9.11. The lowest BCUT2D eigenvalue weighted by Crippen LogP contribution is -2.35. The van der Waals surface area contributed by atoms with Gasteiger partial charge >= 0.3 is 5.97 Å². The molecule has 0 amide bonds. The molecule has 0 aromatic heterocycles. The molecular formula is C21H25NO2. The van der Waals surface area contributed by atoms with Crippen molar-refractivity contribution in [3.8, 4) is 0 Å². The number of carboxylic acid groups (broad SMARTS) is 1. The maximum absolute atomic E-state index is 11.8. The number of carbonyl (C=O) groups is 1. The first-order chi connectivity index (χ1) is 11.7. The Morgan fingerprint density at radius 3 is 2.88 bits per heavy atom. The molecule has 1 N–H and O–H groups in total. The minimum atomic E-state index is -0.568. The van der Waals surface area contributed by atoms with E-state index in [1.165, 1.54) is 16.3 Å². The Morgan fingerprint density at radius 2 is 2.04 bits per heavy atom. The van der Waals surface area contributed by atoms with E-state index in [2.05, 4.69) is 47.4 Å². The lowest BCUT2D eigenvalue weighted by Gasteiger charge is -2.23. The van der Waals surface area contributed by atoms with Gasteiger partial charge in [0.15, 0.2) is 0 Å². The Balaban J connectivity index is 1.39. The minimum absolute atomic E-state index is 0.368. The molecule has 3 heteroatoms. The summed E-state index contributed by atoms with van der Waals surface area (Å²) in [5, 5.41) is 12.3. The molecule has 1 saturated heterocycles. The van der Waals surface area contributed by atoms with E-state index < -0.39 is 11.4 Å². The smallest absolute Gasteiger partial charge is 0.311 e. The highest BCUT2D eigenvalue weighted by Gasteiger charge is 2.54. The lowest BCUT2D eigenvalue weighted by atomic mass is 9.81. The Labute approximate surface area is 143 Å². The fourth-order valence-corrected chi connectivity index (χ4v) is 4.92. The molecule has 126 valence electrons. The zero-order chi connectivity index (χ0) is 16.6. The maximum atomic E-state index is 11.8. The van der Waals surface area contributed by atoms with E-state index in [-0.39, 0.29) is 0 Å². The van der Waals surface area contributed by atoms with Crippen molar-refractivity contribution in [1.29, 1.82) is 0 Å². The Kier molecular flexibility index (Phi) is 4.05. The third-order valence-electron chi connectivity index (χ3n) is 6.17. The molecule has 1 aliphatic heterocycles. The van der Waals surface area contributed by atoms with Crippen LogP contribution in [-0.2, 0) is 11.2 Å². The summed E-state index contributed by atoms with van der Waals surface area (Å²) in [4.78, 5) is 14.2. The number of fused-ring (bicyclic) bond motifs is 2. The molecule has 2 aromatic rings. The van der Waals surface area contributed by atoms with Crippen LogP contribution in [0.3, 0.4) is 0 Å². The third-order valence-corrected chi connectivity index (χ3v) is 6.17. The number of nitrogens with zero attached hydrogens (tertiary/aromatic N) is 1. The standard InChI is InChI=1S/C21H25NO2/c23-20(24)21-12-4-10-18(21)14-22(15-21)13-5-9-17-8-3-7-16-6-1-2-11-19(16)17/h1-3,6-8,11,18H,4-5,9-10,12-15H2,(H,23,24)/t18-,21+/m0/s1. The molecule has 1 heterocycles. The molecule has 2 aliphatic rings. The van der Waals surface area contributed by atoms with Crippen LogP contribution in [0.5, 0.6) is 0 Å². The van der Waals surface area contributed by atoms with E-state index in [9.17, 15) is 9.90 Å². The predicted octanol–water partition coefficient (Wildman–Crippen LogP) is 3.96. The van der Waals surface area contributed by atoms with Crippen molar-refractivity contribution in [2.75, 3.05) is 19.6 Å². The Hall–Kier alpha value is -1.87. The van der Waals surface area contributed by atoms with Gasteiger partial charge < -0.3 is 10.0 Å². The van der Waals surface area contributed by atoms with Gasteiger partial charge in [0, 0.05) is 13.1 Å². The molecule has 2 aromatic carbocycles. The van der Waals surface area contributed by atoms with E-state index in [1.807, 2.05) is 0 Å². The normalized spacial score (nSPS) is 26.8. The van der Waals surface area contributed by atoms with Gasteiger partial charge in [-0.3, -0.25) is 4.79 Å². The van der Waals surface area contributed by atoms with Crippen LogP contribution in [0, 0.1) is 11.3 Å². The summed E-state index contributed by atoms with van der Waals surface area (Å²) in [6.07, 6.45) is 5.19. The van der Waals surface area contributed by atoms with Gasteiger partial charge in [-0.25, -0.2) is 0 Å². The summed E-state index contributed by atoms with van der Waals surface area (Å²) in [5.74, 6) is -0.200. The van der Waals surface area contributed by atoms with Crippen LogP contribution in [0.15, 0.2) is 42.5 Å². The van der Waals surface area contributed by atoms with Crippen molar-refractivity contribution < 1.29 is 9.90 Å². The van der Waals surface area contributed by atoms with E-state index in [0.717, 1.165) is 51.7 Å². The van der Waals surface area contributed by atoms with Crippen LogP contribution in [0.2, 0.25) is 0 Å². The molecule has 24 heavy (non-hydrogen) atoms. The summed E-state index contributed by atoms with van der Waals surface area (Å²) in [6.45, 7) is 2.74. The summed E-state index contributed by atoms with van der Waals surface area (Å²) >= 11 is 0. The van der Waals surface area contributed by atoms with Crippen molar-refractivity contribution in [2.45, 2.75) is 32.1 Å². The van der Waals surface area contributed by atoms with Crippen LogP contribution in [0.1, 0.15) is 31.2 Å². The first-order valence-electron chi connectivity index (χ1n) is 9.11. The van der Waals surface area contributed by atoms with Gasteiger partial charge in [-0.1, -0.05) is 48.9 Å². The molecule has 0 spiro atoms. The zero-order valence-electron chi connectivity index (χ0n) is 14.1. The SMILES string of the molecule is O=C(O)[C@@]12CCC[C@H]1CN(CCCc1cccc3ccccc13)C2. The number of hydrogen-bond acceptors (Lipinski definition) is 2. The lowest BCUT2D eigenvalue weighted by molar-refractivity contribution is -0.149. The van der Waals surface area contributed by atoms with Crippen LogP contribution in [0.25, 0.3) is 10.8 Å². The highest BCUT2D eigenvalue weighted by Crippen LogP contribution is 2.48. The summed E-state index contributed by atoms with van der Waals surface area (Å²) in [5.41, 5.74) is 0.958. The highest BCUT2D eigenvalue weighted by molar-refractivity contribution is 5.85. The summed E-state index contributed by atoms with van der Waals surface area (Å²) in [6, 6.07) is 15.1. The Bertz CT molecular complexity index is 751. The van der Waals surface area contributed by atoms with Gasteiger partial charge in [0.05, 0.1) is 5.41 Å². The van der Waals surface area contributed by atoms with Gasteiger partial charge in [0.2, 0.25) is 0 Å². The molecule has 0 radical (unpaired) electrons.